The number of likely N-dealkylation sites (tertiary alicyclic amines) is 2. The third kappa shape index (κ3) is 3.79. The van der Waals surface area contributed by atoms with Gasteiger partial charge in [-0.15, -0.1) is 0 Å². The van der Waals surface area contributed by atoms with E-state index in [0.717, 1.165) is 18.4 Å². The lowest BCUT2D eigenvalue weighted by Gasteiger charge is -2.41. The minimum atomic E-state index is -0.976. The van der Waals surface area contributed by atoms with Gasteiger partial charge in [-0.2, -0.15) is 0 Å². The quantitative estimate of drug-likeness (QED) is 0.855. The molecule has 2 fully saturated rings. The third-order valence-electron chi connectivity index (χ3n) is 6.05. The molecule has 4 rings (SSSR count). The zero-order valence-electron chi connectivity index (χ0n) is 16.7. The van der Waals surface area contributed by atoms with Crippen LogP contribution in [0.15, 0.2) is 40.9 Å². The minimum absolute atomic E-state index is 0.0957. The van der Waals surface area contributed by atoms with Crippen LogP contribution < -0.4 is 0 Å². The number of aliphatic hydroxyl groups is 1. The van der Waals surface area contributed by atoms with E-state index in [1.807, 2.05) is 36.4 Å². The molecule has 0 radical (unpaired) electrons. The number of nitrogens with zero attached hydrogens (tertiary/aromatic N) is 3. The van der Waals surface area contributed by atoms with E-state index in [4.69, 9.17) is 4.52 Å². The van der Waals surface area contributed by atoms with Crippen molar-refractivity contribution in [1.82, 2.24) is 15.0 Å². The van der Waals surface area contributed by atoms with Crippen LogP contribution in [0.4, 0.5) is 0 Å². The zero-order chi connectivity index (χ0) is 20.4. The Morgan fingerprint density at radius 2 is 2.03 bits per heavy atom. The number of aliphatic hydroxyl groups excluding tert-OH is 1. The summed E-state index contributed by atoms with van der Waals surface area (Å²) in [6.07, 6.45) is 2.60. The molecule has 0 aliphatic carbocycles. The van der Waals surface area contributed by atoms with Gasteiger partial charge in [0.25, 0.3) is 0 Å². The highest BCUT2D eigenvalue weighted by atomic mass is 16.5. The smallest absolute Gasteiger partial charge is 0.249 e. The molecule has 154 valence electrons. The molecule has 2 saturated heterocycles. The SMILES string of the molecule is CC(=O)N1CCC[C@]1(Cc1cc(-c2ccccc2)no1)C(=O)N1CCC[C@@H](O)C1. The normalized spacial score (nSPS) is 24.7. The van der Waals surface area contributed by atoms with Gasteiger partial charge in [-0.3, -0.25) is 9.59 Å². The fourth-order valence-corrected chi connectivity index (χ4v) is 4.68. The molecule has 3 heterocycles. The van der Waals surface area contributed by atoms with Crippen molar-refractivity contribution in [2.24, 2.45) is 0 Å². The molecule has 0 unspecified atom stereocenters. The summed E-state index contributed by atoms with van der Waals surface area (Å²) in [4.78, 5) is 29.4. The Morgan fingerprint density at radius 1 is 1.24 bits per heavy atom. The van der Waals surface area contributed by atoms with Crippen molar-refractivity contribution in [3.63, 3.8) is 0 Å². The van der Waals surface area contributed by atoms with Crippen molar-refractivity contribution in [2.75, 3.05) is 19.6 Å². The van der Waals surface area contributed by atoms with E-state index in [2.05, 4.69) is 5.16 Å². The Balaban J connectivity index is 1.64. The molecule has 29 heavy (non-hydrogen) atoms. The maximum absolute atomic E-state index is 13.6. The standard InChI is InChI=1S/C22H27N3O4/c1-16(26)25-12-6-10-22(25,21(28)24-11-5-9-18(27)15-24)14-19-13-20(23-29-19)17-7-3-2-4-8-17/h2-4,7-8,13,18,27H,5-6,9-12,14-15H2,1H3/t18-,22+/m1/s1. The molecule has 1 N–H and O–H groups in total. The first-order chi connectivity index (χ1) is 14.0. The van der Waals surface area contributed by atoms with Crippen molar-refractivity contribution in [1.29, 1.82) is 0 Å². The topological polar surface area (TPSA) is 86.9 Å². The Kier molecular flexibility index (Phi) is 5.41. The first-order valence-electron chi connectivity index (χ1n) is 10.3. The van der Waals surface area contributed by atoms with Crippen LogP contribution >= 0.6 is 0 Å². The molecule has 0 bridgehead atoms. The Hall–Kier alpha value is -2.67. The number of hydrogen-bond donors (Lipinski definition) is 1. The van der Waals surface area contributed by atoms with Crippen LogP contribution in [-0.4, -0.2) is 63.2 Å². The lowest BCUT2D eigenvalue weighted by Crippen LogP contribution is -2.61. The monoisotopic (exact) mass is 397 g/mol. The van der Waals surface area contributed by atoms with E-state index in [-0.39, 0.29) is 18.2 Å². The number of hydrogen-bond acceptors (Lipinski definition) is 5. The number of rotatable bonds is 4. The van der Waals surface area contributed by atoms with E-state index in [0.29, 0.717) is 43.9 Å². The van der Waals surface area contributed by atoms with Gasteiger partial charge in [0.1, 0.15) is 17.0 Å². The van der Waals surface area contributed by atoms with E-state index < -0.39 is 11.6 Å². The van der Waals surface area contributed by atoms with Crippen LogP contribution in [0.2, 0.25) is 0 Å². The Labute approximate surface area is 170 Å². The highest BCUT2D eigenvalue weighted by Crippen LogP contribution is 2.36. The summed E-state index contributed by atoms with van der Waals surface area (Å²) in [5, 5.41) is 14.2. The maximum atomic E-state index is 13.6. The minimum Gasteiger partial charge on any atom is -0.391 e. The second kappa shape index (κ2) is 7.99. The van der Waals surface area contributed by atoms with Gasteiger partial charge < -0.3 is 19.4 Å². The van der Waals surface area contributed by atoms with Crippen molar-refractivity contribution < 1.29 is 19.2 Å². The van der Waals surface area contributed by atoms with Crippen molar-refractivity contribution in [3.8, 4) is 11.3 Å². The summed E-state index contributed by atoms with van der Waals surface area (Å²) in [5.41, 5.74) is 0.678. The van der Waals surface area contributed by atoms with Crippen molar-refractivity contribution in [2.45, 2.75) is 50.7 Å². The molecule has 2 aromatic rings. The Morgan fingerprint density at radius 3 is 2.76 bits per heavy atom. The summed E-state index contributed by atoms with van der Waals surface area (Å²) in [6.45, 7) is 2.98. The second-order valence-electron chi connectivity index (χ2n) is 8.07. The van der Waals surface area contributed by atoms with Crippen LogP contribution in [0, 0.1) is 0 Å². The first kappa shape index (κ1) is 19.6. The van der Waals surface area contributed by atoms with Gasteiger partial charge in [-0.1, -0.05) is 35.5 Å². The fraction of sp³-hybridized carbons (Fsp3) is 0.500. The van der Waals surface area contributed by atoms with Gasteiger partial charge in [0.05, 0.1) is 6.10 Å². The Bertz CT molecular complexity index is 881. The molecule has 7 heteroatoms. The van der Waals surface area contributed by atoms with Gasteiger partial charge in [0.2, 0.25) is 11.8 Å². The summed E-state index contributed by atoms with van der Waals surface area (Å²) < 4.78 is 5.58. The summed E-state index contributed by atoms with van der Waals surface area (Å²) >= 11 is 0. The van der Waals surface area contributed by atoms with Crippen LogP contribution in [0.5, 0.6) is 0 Å². The van der Waals surface area contributed by atoms with Crippen LogP contribution in [0.25, 0.3) is 11.3 Å². The van der Waals surface area contributed by atoms with Crippen LogP contribution in [0.3, 0.4) is 0 Å². The van der Waals surface area contributed by atoms with Crippen molar-refractivity contribution in [3.05, 3.63) is 42.2 Å². The highest BCUT2D eigenvalue weighted by molar-refractivity contribution is 5.92. The number of carbonyl (C=O) groups excluding carboxylic acids is 2. The van der Waals surface area contributed by atoms with Crippen molar-refractivity contribution >= 4 is 11.8 Å². The zero-order valence-corrected chi connectivity index (χ0v) is 16.7. The van der Waals surface area contributed by atoms with Gasteiger partial charge >= 0.3 is 0 Å². The van der Waals surface area contributed by atoms with Gasteiger partial charge in [-0.05, 0) is 25.7 Å². The molecule has 1 aromatic carbocycles. The molecular formula is C22H27N3O4. The predicted octanol–water partition coefficient (Wildman–Crippen LogP) is 2.25. The van der Waals surface area contributed by atoms with Gasteiger partial charge in [-0.25, -0.2) is 0 Å². The average Bonchev–Trinajstić information content (AvgIpc) is 3.36. The highest BCUT2D eigenvalue weighted by Gasteiger charge is 2.51. The largest absolute Gasteiger partial charge is 0.391 e. The van der Waals surface area contributed by atoms with Gasteiger partial charge in [0.15, 0.2) is 0 Å². The lowest BCUT2D eigenvalue weighted by molar-refractivity contribution is -0.153. The molecular weight excluding hydrogens is 370 g/mol. The molecule has 0 spiro atoms. The lowest BCUT2D eigenvalue weighted by atomic mass is 9.87. The summed E-state index contributed by atoms with van der Waals surface area (Å²) in [7, 11) is 0. The number of amides is 2. The molecule has 1 aromatic heterocycles. The molecule has 2 amide bonds. The number of piperidine rings is 1. The summed E-state index contributed by atoms with van der Waals surface area (Å²) in [5.74, 6) is 0.376. The third-order valence-corrected chi connectivity index (χ3v) is 6.05. The predicted molar refractivity (Wildman–Crippen MR) is 107 cm³/mol. The van der Waals surface area contributed by atoms with E-state index in [9.17, 15) is 14.7 Å². The molecule has 2 aliphatic heterocycles. The molecule has 2 aliphatic rings. The molecule has 7 nitrogen and oxygen atoms in total. The number of β-amino-alcohol motifs (C(OH)–C–C–N with tert-alkyl or cyclic N) is 1. The summed E-state index contributed by atoms with van der Waals surface area (Å²) in [6, 6.07) is 11.6. The molecule has 2 atom stereocenters. The number of aromatic nitrogens is 1. The second-order valence-corrected chi connectivity index (χ2v) is 8.07. The fourth-order valence-electron chi connectivity index (χ4n) is 4.68. The average molecular weight is 397 g/mol. The first-order valence-corrected chi connectivity index (χ1v) is 10.3. The van der Waals surface area contributed by atoms with E-state index in [1.165, 1.54) is 6.92 Å². The van der Waals surface area contributed by atoms with E-state index in [1.54, 1.807) is 9.80 Å². The maximum Gasteiger partial charge on any atom is 0.249 e. The van der Waals surface area contributed by atoms with Crippen LogP contribution in [0.1, 0.15) is 38.4 Å². The van der Waals surface area contributed by atoms with Crippen LogP contribution in [-0.2, 0) is 16.0 Å². The number of carbonyl (C=O) groups is 2. The number of benzene rings is 1. The van der Waals surface area contributed by atoms with Gasteiger partial charge in [0, 0.05) is 44.6 Å². The molecule has 0 saturated carbocycles. The van der Waals surface area contributed by atoms with E-state index >= 15 is 0 Å².